The highest BCUT2D eigenvalue weighted by Crippen LogP contribution is 2.33. The van der Waals surface area contributed by atoms with Crippen LogP contribution in [0.2, 0.25) is 0 Å². The number of aliphatic hydroxyl groups is 1. The van der Waals surface area contributed by atoms with Gasteiger partial charge in [0.05, 0.1) is 0 Å². The van der Waals surface area contributed by atoms with Crippen LogP contribution in [0.5, 0.6) is 0 Å². The standard InChI is InChI=1S/C17H22FN5O2/c1-17(8-4-12-24)7-3-10-22(17)16(25)20-14-6-11-23(21-14)15-13(18)5-2-9-19-15/h2,5-6,9,11,24H,3-4,7-8,10,12H2,1H3,(H,20,21,25). The Kier molecular flexibility index (Phi) is 4.98. The summed E-state index contributed by atoms with van der Waals surface area (Å²) in [4.78, 5) is 18.4. The molecule has 0 aliphatic carbocycles. The summed E-state index contributed by atoms with van der Waals surface area (Å²) in [5, 5.41) is 16.0. The predicted molar refractivity (Wildman–Crippen MR) is 91.0 cm³/mol. The molecule has 7 nitrogen and oxygen atoms in total. The summed E-state index contributed by atoms with van der Waals surface area (Å²) in [5.41, 5.74) is -0.261. The van der Waals surface area contributed by atoms with Crippen LogP contribution in [0.15, 0.2) is 30.6 Å². The topological polar surface area (TPSA) is 83.3 Å². The van der Waals surface area contributed by atoms with Gasteiger partial charge in [0.1, 0.15) is 0 Å². The molecule has 2 aromatic rings. The molecule has 8 heteroatoms. The van der Waals surface area contributed by atoms with Crippen LogP contribution in [0, 0.1) is 5.82 Å². The summed E-state index contributed by atoms with van der Waals surface area (Å²) >= 11 is 0. The first kappa shape index (κ1) is 17.3. The van der Waals surface area contributed by atoms with Crippen LogP contribution >= 0.6 is 0 Å². The number of urea groups is 1. The van der Waals surface area contributed by atoms with E-state index in [4.69, 9.17) is 5.11 Å². The second-order valence-electron chi connectivity index (χ2n) is 6.46. The molecular formula is C17H22FN5O2. The number of anilines is 1. The van der Waals surface area contributed by atoms with Gasteiger partial charge in [0.2, 0.25) is 0 Å². The van der Waals surface area contributed by atoms with Gasteiger partial charge in [-0.05, 0) is 44.7 Å². The average Bonchev–Trinajstić information content (AvgIpc) is 3.20. The van der Waals surface area contributed by atoms with E-state index in [9.17, 15) is 9.18 Å². The lowest BCUT2D eigenvalue weighted by molar-refractivity contribution is 0.151. The van der Waals surface area contributed by atoms with E-state index < -0.39 is 5.82 Å². The Morgan fingerprint density at radius 2 is 2.32 bits per heavy atom. The quantitative estimate of drug-likeness (QED) is 0.871. The van der Waals surface area contributed by atoms with Gasteiger partial charge in [-0.15, -0.1) is 5.10 Å². The van der Waals surface area contributed by atoms with Crippen molar-refractivity contribution in [3.05, 3.63) is 36.4 Å². The lowest BCUT2D eigenvalue weighted by atomic mass is 9.93. The largest absolute Gasteiger partial charge is 0.396 e. The van der Waals surface area contributed by atoms with Crippen molar-refractivity contribution in [2.45, 2.75) is 38.1 Å². The van der Waals surface area contributed by atoms with Gasteiger partial charge in [-0.1, -0.05) is 0 Å². The molecule has 0 spiro atoms. The van der Waals surface area contributed by atoms with Gasteiger partial charge in [0, 0.05) is 37.2 Å². The fraction of sp³-hybridized carbons (Fsp3) is 0.471. The molecule has 0 bridgehead atoms. The van der Waals surface area contributed by atoms with Crippen molar-refractivity contribution in [1.29, 1.82) is 0 Å². The van der Waals surface area contributed by atoms with Gasteiger partial charge in [0.25, 0.3) is 0 Å². The molecule has 1 unspecified atom stereocenters. The lowest BCUT2D eigenvalue weighted by Gasteiger charge is -2.35. The molecule has 3 heterocycles. The number of halogens is 1. The molecule has 1 aliphatic heterocycles. The summed E-state index contributed by atoms with van der Waals surface area (Å²) < 4.78 is 15.1. The minimum Gasteiger partial charge on any atom is -0.396 e. The number of hydrogen-bond donors (Lipinski definition) is 2. The Hall–Kier alpha value is -2.48. The lowest BCUT2D eigenvalue weighted by Crippen LogP contribution is -2.47. The number of rotatable bonds is 5. The monoisotopic (exact) mass is 347 g/mol. The fourth-order valence-corrected chi connectivity index (χ4v) is 3.32. The molecule has 2 amide bonds. The van der Waals surface area contributed by atoms with E-state index in [1.807, 2.05) is 6.92 Å². The first-order chi connectivity index (χ1) is 12.0. The van der Waals surface area contributed by atoms with Gasteiger partial charge in [-0.3, -0.25) is 5.32 Å². The minimum atomic E-state index is -0.486. The normalized spacial score (nSPS) is 20.0. The van der Waals surface area contributed by atoms with Crippen molar-refractivity contribution in [2.24, 2.45) is 0 Å². The number of aliphatic hydroxyl groups excluding tert-OH is 1. The molecule has 3 rings (SSSR count). The van der Waals surface area contributed by atoms with Crippen molar-refractivity contribution in [1.82, 2.24) is 19.7 Å². The molecule has 0 saturated carbocycles. The zero-order chi connectivity index (χ0) is 17.9. The molecule has 25 heavy (non-hydrogen) atoms. The van der Waals surface area contributed by atoms with Gasteiger partial charge in [-0.2, -0.15) is 0 Å². The summed E-state index contributed by atoms with van der Waals surface area (Å²) in [5.74, 6) is -0.0667. The molecule has 0 aromatic carbocycles. The molecule has 1 saturated heterocycles. The Labute approximate surface area is 145 Å². The second kappa shape index (κ2) is 7.18. The maximum atomic E-state index is 13.8. The zero-order valence-electron chi connectivity index (χ0n) is 14.2. The van der Waals surface area contributed by atoms with Crippen LogP contribution in [-0.2, 0) is 0 Å². The summed E-state index contributed by atoms with van der Waals surface area (Å²) in [7, 11) is 0. The van der Waals surface area contributed by atoms with Gasteiger partial charge in [-0.25, -0.2) is 18.9 Å². The SMILES string of the molecule is CC1(CCCO)CCCN1C(=O)Nc1ccn(-c2ncccc2F)n1. The Balaban J connectivity index is 1.70. The molecule has 2 aromatic heterocycles. The van der Waals surface area contributed by atoms with Crippen LogP contribution < -0.4 is 5.32 Å². The highest BCUT2D eigenvalue weighted by Gasteiger charge is 2.39. The number of aromatic nitrogens is 3. The van der Waals surface area contributed by atoms with Gasteiger partial charge in [0.15, 0.2) is 17.5 Å². The number of pyridine rings is 1. The van der Waals surface area contributed by atoms with Crippen LogP contribution in [0.1, 0.15) is 32.6 Å². The summed E-state index contributed by atoms with van der Waals surface area (Å²) in [6, 6.07) is 4.18. The molecule has 134 valence electrons. The number of nitrogens with zero attached hydrogens (tertiary/aromatic N) is 4. The first-order valence-corrected chi connectivity index (χ1v) is 8.39. The Morgan fingerprint density at radius 3 is 3.08 bits per heavy atom. The van der Waals surface area contributed by atoms with Crippen molar-refractivity contribution in [2.75, 3.05) is 18.5 Å². The van der Waals surface area contributed by atoms with E-state index >= 15 is 0 Å². The van der Waals surface area contributed by atoms with Crippen LogP contribution in [0.25, 0.3) is 5.82 Å². The maximum Gasteiger partial charge on any atom is 0.323 e. The number of amides is 2. The third kappa shape index (κ3) is 3.63. The second-order valence-corrected chi connectivity index (χ2v) is 6.46. The molecular weight excluding hydrogens is 325 g/mol. The van der Waals surface area contributed by atoms with Crippen LogP contribution in [-0.4, -0.2) is 49.5 Å². The van der Waals surface area contributed by atoms with Gasteiger partial charge >= 0.3 is 6.03 Å². The van der Waals surface area contributed by atoms with Crippen molar-refractivity contribution in [3.8, 4) is 5.82 Å². The van der Waals surface area contributed by atoms with Crippen molar-refractivity contribution >= 4 is 11.8 Å². The molecule has 0 radical (unpaired) electrons. The number of hydrogen-bond acceptors (Lipinski definition) is 4. The third-order valence-electron chi connectivity index (χ3n) is 4.65. The van der Waals surface area contributed by atoms with E-state index in [2.05, 4.69) is 15.4 Å². The first-order valence-electron chi connectivity index (χ1n) is 8.39. The molecule has 1 atom stereocenters. The highest BCUT2D eigenvalue weighted by molar-refractivity contribution is 5.89. The number of carbonyl (C=O) groups is 1. The van der Waals surface area contributed by atoms with Crippen LogP contribution in [0.4, 0.5) is 15.0 Å². The number of nitrogens with one attached hydrogen (secondary N) is 1. The number of carbonyl (C=O) groups excluding carboxylic acids is 1. The molecule has 1 fully saturated rings. The predicted octanol–water partition coefficient (Wildman–Crippen LogP) is 2.57. The zero-order valence-corrected chi connectivity index (χ0v) is 14.2. The van der Waals surface area contributed by atoms with E-state index in [-0.39, 0.29) is 24.0 Å². The third-order valence-corrected chi connectivity index (χ3v) is 4.65. The van der Waals surface area contributed by atoms with E-state index in [1.54, 1.807) is 17.2 Å². The Bertz CT molecular complexity index is 750. The fourth-order valence-electron chi connectivity index (χ4n) is 3.32. The minimum absolute atomic E-state index is 0.0805. The van der Waals surface area contributed by atoms with Crippen molar-refractivity contribution in [3.63, 3.8) is 0 Å². The maximum absolute atomic E-state index is 13.8. The Morgan fingerprint density at radius 1 is 1.48 bits per heavy atom. The van der Waals surface area contributed by atoms with E-state index in [0.717, 1.165) is 19.3 Å². The molecule has 2 N–H and O–H groups in total. The highest BCUT2D eigenvalue weighted by atomic mass is 19.1. The van der Waals surface area contributed by atoms with E-state index in [0.29, 0.717) is 18.8 Å². The average molecular weight is 347 g/mol. The van der Waals surface area contributed by atoms with Crippen molar-refractivity contribution < 1.29 is 14.3 Å². The van der Waals surface area contributed by atoms with Gasteiger partial charge < -0.3 is 10.0 Å². The van der Waals surface area contributed by atoms with Crippen LogP contribution in [0.3, 0.4) is 0 Å². The summed E-state index contributed by atoms with van der Waals surface area (Å²) in [6.45, 7) is 2.82. The smallest absolute Gasteiger partial charge is 0.323 e. The summed E-state index contributed by atoms with van der Waals surface area (Å²) in [6.07, 6.45) is 6.29. The molecule has 1 aliphatic rings. The van der Waals surface area contributed by atoms with E-state index in [1.165, 1.54) is 23.0 Å². The number of likely N-dealkylation sites (tertiary alicyclic amines) is 1.